The van der Waals surface area contributed by atoms with Crippen molar-refractivity contribution in [2.75, 3.05) is 11.9 Å². The van der Waals surface area contributed by atoms with Gasteiger partial charge in [-0.2, -0.15) is 0 Å². The van der Waals surface area contributed by atoms with Crippen LogP contribution in [0, 0.1) is 0 Å². The normalized spacial score (nSPS) is 11.5. The Balaban J connectivity index is 1.93. The number of hydrogen-bond acceptors (Lipinski definition) is 4. The number of sulfonamides is 1. The molecule has 0 spiro atoms. The molecule has 2 aromatic rings. The van der Waals surface area contributed by atoms with Crippen molar-refractivity contribution < 1.29 is 17.9 Å². The lowest BCUT2D eigenvalue weighted by Crippen LogP contribution is -2.30. The Hall–Kier alpha value is -2.09. The quantitative estimate of drug-likeness (QED) is 0.576. The van der Waals surface area contributed by atoms with Gasteiger partial charge in [0.25, 0.3) is 5.91 Å². The average molecular weight is 439 g/mol. The Morgan fingerprint density at radius 3 is 2.41 bits per heavy atom. The summed E-state index contributed by atoms with van der Waals surface area (Å²) in [5, 5.41) is 2.87. The molecule has 158 valence electrons. The number of amides is 1. The fourth-order valence-electron chi connectivity index (χ4n) is 2.62. The van der Waals surface area contributed by atoms with Crippen LogP contribution in [-0.4, -0.2) is 27.0 Å². The molecule has 6 nitrogen and oxygen atoms in total. The minimum Gasteiger partial charge on any atom is -0.482 e. The van der Waals surface area contributed by atoms with Crippen molar-refractivity contribution in [3.05, 3.63) is 53.1 Å². The van der Waals surface area contributed by atoms with Crippen LogP contribution in [0.5, 0.6) is 5.75 Å². The van der Waals surface area contributed by atoms with Gasteiger partial charge in [-0.1, -0.05) is 37.1 Å². The standard InChI is InChI=1S/C21H27ClN2O4S/c1-4-5-6-16-7-9-17(10-8-16)23-21(25)14-28-20-12-11-18(13-19(20)22)29(26,27)24-15(2)3/h7-13,15,24H,4-6,14H2,1-3H3,(H,23,25). The Bertz CT molecular complexity index is 928. The third-order valence-corrected chi connectivity index (χ3v) is 5.97. The van der Waals surface area contributed by atoms with Crippen molar-refractivity contribution in [2.24, 2.45) is 0 Å². The minimum absolute atomic E-state index is 0.0381. The molecule has 0 fully saturated rings. The molecule has 0 bridgehead atoms. The number of aryl methyl sites for hydroxylation is 1. The Kier molecular flexibility index (Phi) is 8.49. The molecule has 2 N–H and O–H groups in total. The predicted octanol–water partition coefficient (Wildman–Crippen LogP) is 4.39. The zero-order valence-electron chi connectivity index (χ0n) is 16.9. The SMILES string of the molecule is CCCCc1ccc(NC(=O)COc2ccc(S(=O)(=O)NC(C)C)cc2Cl)cc1. The lowest BCUT2D eigenvalue weighted by Gasteiger charge is -2.12. The second-order valence-electron chi connectivity index (χ2n) is 7.01. The second kappa shape index (κ2) is 10.6. The summed E-state index contributed by atoms with van der Waals surface area (Å²) < 4.78 is 32.3. The third-order valence-electron chi connectivity index (χ3n) is 4.02. The van der Waals surface area contributed by atoms with E-state index >= 15 is 0 Å². The van der Waals surface area contributed by atoms with Crippen molar-refractivity contribution >= 4 is 33.2 Å². The zero-order valence-corrected chi connectivity index (χ0v) is 18.4. The molecule has 0 radical (unpaired) electrons. The van der Waals surface area contributed by atoms with Crippen LogP contribution in [0.15, 0.2) is 47.4 Å². The monoisotopic (exact) mass is 438 g/mol. The fraction of sp³-hybridized carbons (Fsp3) is 0.381. The maximum absolute atomic E-state index is 12.2. The second-order valence-corrected chi connectivity index (χ2v) is 9.13. The first-order valence-electron chi connectivity index (χ1n) is 9.54. The van der Waals surface area contributed by atoms with Gasteiger partial charge in [0.2, 0.25) is 10.0 Å². The molecule has 0 aliphatic carbocycles. The summed E-state index contributed by atoms with van der Waals surface area (Å²) >= 11 is 6.13. The van der Waals surface area contributed by atoms with Gasteiger partial charge in [-0.05, 0) is 62.6 Å². The molecule has 8 heteroatoms. The van der Waals surface area contributed by atoms with Crippen molar-refractivity contribution in [1.82, 2.24) is 4.72 Å². The van der Waals surface area contributed by atoms with E-state index in [1.54, 1.807) is 13.8 Å². The summed E-state index contributed by atoms with van der Waals surface area (Å²) in [7, 11) is -3.65. The molecule has 0 aliphatic heterocycles. The molecule has 2 aromatic carbocycles. The Morgan fingerprint density at radius 1 is 1.14 bits per heavy atom. The number of benzene rings is 2. The highest BCUT2D eigenvalue weighted by Crippen LogP contribution is 2.27. The van der Waals surface area contributed by atoms with Crippen molar-refractivity contribution in [3.63, 3.8) is 0 Å². The molecule has 0 atom stereocenters. The molecule has 0 aliphatic rings. The number of halogens is 1. The molecule has 0 aromatic heterocycles. The highest BCUT2D eigenvalue weighted by Gasteiger charge is 2.17. The van der Waals surface area contributed by atoms with Gasteiger partial charge >= 0.3 is 0 Å². The van der Waals surface area contributed by atoms with E-state index < -0.39 is 10.0 Å². The first-order chi connectivity index (χ1) is 13.7. The van der Waals surface area contributed by atoms with E-state index in [0.717, 1.165) is 19.3 Å². The summed E-state index contributed by atoms with van der Waals surface area (Å²) in [4.78, 5) is 12.2. The smallest absolute Gasteiger partial charge is 0.262 e. The minimum atomic E-state index is -3.65. The van der Waals surface area contributed by atoms with Crippen LogP contribution in [-0.2, 0) is 21.2 Å². The topological polar surface area (TPSA) is 84.5 Å². The van der Waals surface area contributed by atoms with Crippen LogP contribution < -0.4 is 14.8 Å². The molecular formula is C21H27ClN2O4S. The van der Waals surface area contributed by atoms with Crippen molar-refractivity contribution in [3.8, 4) is 5.75 Å². The number of carbonyl (C=O) groups is 1. The summed E-state index contributed by atoms with van der Waals surface area (Å²) in [6.45, 7) is 5.37. The lowest BCUT2D eigenvalue weighted by atomic mass is 10.1. The van der Waals surface area contributed by atoms with Crippen molar-refractivity contribution in [1.29, 1.82) is 0 Å². The van der Waals surface area contributed by atoms with Gasteiger partial charge in [-0.3, -0.25) is 4.79 Å². The van der Waals surface area contributed by atoms with E-state index in [2.05, 4.69) is 17.0 Å². The summed E-state index contributed by atoms with van der Waals surface area (Å²) in [5.41, 5.74) is 1.92. The van der Waals surface area contributed by atoms with E-state index in [1.807, 2.05) is 24.3 Å². The molecule has 0 saturated carbocycles. The third kappa shape index (κ3) is 7.34. The van der Waals surface area contributed by atoms with E-state index in [1.165, 1.54) is 23.8 Å². The molecule has 2 rings (SSSR count). The van der Waals surface area contributed by atoms with Gasteiger partial charge < -0.3 is 10.1 Å². The summed E-state index contributed by atoms with van der Waals surface area (Å²) in [6.07, 6.45) is 3.29. The van der Waals surface area contributed by atoms with Crippen LogP contribution in [0.3, 0.4) is 0 Å². The van der Waals surface area contributed by atoms with Gasteiger partial charge in [0, 0.05) is 11.7 Å². The molecule has 0 unspecified atom stereocenters. The number of nitrogens with one attached hydrogen (secondary N) is 2. The van der Waals surface area contributed by atoms with Crippen LogP contribution in [0.25, 0.3) is 0 Å². The molecular weight excluding hydrogens is 412 g/mol. The highest BCUT2D eigenvalue weighted by atomic mass is 35.5. The number of hydrogen-bond donors (Lipinski definition) is 2. The largest absolute Gasteiger partial charge is 0.482 e. The molecule has 0 heterocycles. The van der Waals surface area contributed by atoms with E-state index in [-0.39, 0.29) is 34.2 Å². The van der Waals surface area contributed by atoms with Gasteiger partial charge in [0.1, 0.15) is 5.75 Å². The fourth-order valence-corrected chi connectivity index (χ4v) is 4.20. The number of carbonyl (C=O) groups excluding carboxylic acids is 1. The van der Waals surface area contributed by atoms with Crippen LogP contribution in [0.1, 0.15) is 39.2 Å². The first-order valence-corrected chi connectivity index (χ1v) is 11.4. The number of anilines is 1. The number of ether oxygens (including phenoxy) is 1. The lowest BCUT2D eigenvalue weighted by molar-refractivity contribution is -0.118. The van der Waals surface area contributed by atoms with Gasteiger partial charge in [-0.25, -0.2) is 13.1 Å². The molecule has 29 heavy (non-hydrogen) atoms. The Labute approximate surface area is 177 Å². The Morgan fingerprint density at radius 2 is 1.83 bits per heavy atom. The number of rotatable bonds is 10. The van der Waals surface area contributed by atoms with E-state index in [9.17, 15) is 13.2 Å². The molecule has 1 amide bonds. The predicted molar refractivity (Wildman–Crippen MR) is 116 cm³/mol. The van der Waals surface area contributed by atoms with Crippen LogP contribution >= 0.6 is 11.6 Å². The van der Waals surface area contributed by atoms with Crippen LogP contribution in [0.2, 0.25) is 5.02 Å². The van der Waals surface area contributed by atoms with E-state index in [0.29, 0.717) is 5.69 Å². The number of unbranched alkanes of at least 4 members (excludes halogenated alkanes) is 1. The first kappa shape index (κ1) is 23.2. The zero-order chi connectivity index (χ0) is 21.4. The summed E-state index contributed by atoms with van der Waals surface area (Å²) in [5.74, 6) is -0.0965. The average Bonchev–Trinajstić information content (AvgIpc) is 2.65. The highest BCUT2D eigenvalue weighted by molar-refractivity contribution is 7.89. The maximum Gasteiger partial charge on any atom is 0.262 e. The van der Waals surface area contributed by atoms with Gasteiger partial charge in [-0.15, -0.1) is 0 Å². The summed E-state index contributed by atoms with van der Waals surface area (Å²) in [6, 6.07) is 11.6. The maximum atomic E-state index is 12.2. The molecule has 0 saturated heterocycles. The van der Waals surface area contributed by atoms with Gasteiger partial charge in [0.05, 0.1) is 9.92 Å². The van der Waals surface area contributed by atoms with Crippen LogP contribution in [0.4, 0.5) is 5.69 Å². The van der Waals surface area contributed by atoms with Crippen molar-refractivity contribution in [2.45, 2.75) is 51.0 Å². The van der Waals surface area contributed by atoms with Gasteiger partial charge in [0.15, 0.2) is 6.61 Å². The van der Waals surface area contributed by atoms with E-state index in [4.69, 9.17) is 16.3 Å².